The smallest absolute Gasteiger partial charge is 0.300 e. The topological polar surface area (TPSA) is 94.4 Å². The largest absolute Gasteiger partial charge is 0.381 e. The maximum atomic E-state index is 12.3. The number of carbonyl (C=O) groups is 1. The van der Waals surface area contributed by atoms with Crippen LogP contribution in [0, 0.1) is 10.1 Å². The number of aromatic nitrogens is 1. The molecule has 0 bridgehead atoms. The number of nitrogens with zero attached hydrogens (tertiary/aromatic N) is 2. The van der Waals surface area contributed by atoms with Gasteiger partial charge in [0.15, 0.2) is 0 Å². The second-order valence-electron chi connectivity index (χ2n) is 4.91. The number of halogens is 1. The van der Waals surface area contributed by atoms with Crippen LogP contribution in [0.25, 0.3) is 0 Å². The Hall–Kier alpha value is -1.73. The molecule has 0 unspecified atom stereocenters. The van der Waals surface area contributed by atoms with E-state index in [4.69, 9.17) is 16.3 Å². The van der Waals surface area contributed by atoms with E-state index in [1.54, 1.807) is 0 Å². The number of ether oxygens (including phenoxy) is 1. The van der Waals surface area contributed by atoms with Crippen LogP contribution in [0.4, 0.5) is 5.69 Å². The van der Waals surface area contributed by atoms with Crippen LogP contribution in [-0.4, -0.2) is 34.6 Å². The van der Waals surface area contributed by atoms with Gasteiger partial charge >= 0.3 is 0 Å². The minimum absolute atomic E-state index is 0.0397. The minimum Gasteiger partial charge on any atom is -0.381 e. The molecule has 1 N–H and O–H groups in total. The third kappa shape index (κ3) is 3.23. The summed E-state index contributed by atoms with van der Waals surface area (Å²) in [6.07, 6.45) is 2.31. The standard InChI is InChI=1S/C12H14ClN3O4/c1-12(2-4-20-5-3-12)15-11(17)8-6-10(13)14-7-9(8)16(18)19/h6-7H,2-5H2,1H3,(H,15,17). The summed E-state index contributed by atoms with van der Waals surface area (Å²) in [5.74, 6) is -0.523. The van der Waals surface area contributed by atoms with Crippen molar-refractivity contribution in [2.45, 2.75) is 25.3 Å². The van der Waals surface area contributed by atoms with E-state index in [2.05, 4.69) is 10.3 Å². The number of hydrogen-bond donors (Lipinski definition) is 1. The van der Waals surface area contributed by atoms with Crippen molar-refractivity contribution >= 4 is 23.2 Å². The van der Waals surface area contributed by atoms with Gasteiger partial charge in [-0.2, -0.15) is 0 Å². The zero-order valence-corrected chi connectivity index (χ0v) is 11.6. The maximum Gasteiger partial charge on any atom is 0.300 e. The molecule has 0 spiro atoms. The normalized spacial score (nSPS) is 17.5. The van der Waals surface area contributed by atoms with Crippen molar-refractivity contribution in [3.8, 4) is 0 Å². The van der Waals surface area contributed by atoms with Gasteiger partial charge in [-0.1, -0.05) is 11.6 Å². The second kappa shape index (κ2) is 5.72. The van der Waals surface area contributed by atoms with E-state index < -0.39 is 16.4 Å². The molecule has 1 fully saturated rings. The predicted octanol–water partition coefficient (Wildman–Crippen LogP) is 1.94. The van der Waals surface area contributed by atoms with Gasteiger partial charge < -0.3 is 10.1 Å². The van der Waals surface area contributed by atoms with Crippen LogP contribution in [-0.2, 0) is 4.74 Å². The Morgan fingerprint density at radius 1 is 1.55 bits per heavy atom. The Morgan fingerprint density at radius 3 is 2.80 bits per heavy atom. The van der Waals surface area contributed by atoms with Gasteiger partial charge in [0.25, 0.3) is 11.6 Å². The first kappa shape index (κ1) is 14.7. The quantitative estimate of drug-likeness (QED) is 0.523. The number of rotatable bonds is 3. The lowest BCUT2D eigenvalue weighted by Crippen LogP contribution is -2.49. The lowest BCUT2D eigenvalue weighted by molar-refractivity contribution is -0.385. The van der Waals surface area contributed by atoms with Crippen LogP contribution < -0.4 is 5.32 Å². The van der Waals surface area contributed by atoms with E-state index >= 15 is 0 Å². The molecule has 1 aromatic heterocycles. The lowest BCUT2D eigenvalue weighted by Gasteiger charge is -2.34. The van der Waals surface area contributed by atoms with Crippen LogP contribution in [0.1, 0.15) is 30.1 Å². The van der Waals surface area contributed by atoms with Gasteiger partial charge in [0.1, 0.15) is 16.9 Å². The first-order valence-corrected chi connectivity index (χ1v) is 6.49. The van der Waals surface area contributed by atoms with Crippen molar-refractivity contribution < 1.29 is 14.5 Å². The molecule has 1 aromatic rings. The Morgan fingerprint density at radius 2 is 2.20 bits per heavy atom. The molecule has 8 heteroatoms. The van der Waals surface area contributed by atoms with Crippen molar-refractivity contribution in [1.29, 1.82) is 0 Å². The summed E-state index contributed by atoms with van der Waals surface area (Å²) in [5, 5.41) is 13.8. The number of nitro groups is 1. The second-order valence-corrected chi connectivity index (χ2v) is 5.30. The van der Waals surface area contributed by atoms with E-state index in [-0.39, 0.29) is 16.4 Å². The molecule has 108 valence electrons. The summed E-state index contributed by atoms with van der Waals surface area (Å²) < 4.78 is 5.24. The maximum absolute atomic E-state index is 12.3. The Bertz CT molecular complexity index is 544. The Kier molecular flexibility index (Phi) is 4.20. The number of amides is 1. The highest BCUT2D eigenvalue weighted by Gasteiger charge is 2.31. The molecule has 1 amide bonds. The van der Waals surface area contributed by atoms with E-state index in [1.165, 1.54) is 6.07 Å². The van der Waals surface area contributed by atoms with Gasteiger partial charge in [-0.3, -0.25) is 14.9 Å². The molecule has 0 aromatic carbocycles. The van der Waals surface area contributed by atoms with Gasteiger partial charge in [0.2, 0.25) is 0 Å². The van der Waals surface area contributed by atoms with Crippen molar-refractivity contribution in [2.75, 3.05) is 13.2 Å². The van der Waals surface area contributed by atoms with Crippen LogP contribution >= 0.6 is 11.6 Å². The van der Waals surface area contributed by atoms with Gasteiger partial charge in [-0.15, -0.1) is 0 Å². The van der Waals surface area contributed by atoms with Gasteiger partial charge in [0, 0.05) is 18.8 Å². The highest BCUT2D eigenvalue weighted by molar-refractivity contribution is 6.29. The van der Waals surface area contributed by atoms with Crippen molar-refractivity contribution in [1.82, 2.24) is 10.3 Å². The number of nitrogens with one attached hydrogen (secondary N) is 1. The summed E-state index contributed by atoms with van der Waals surface area (Å²) >= 11 is 5.71. The molecule has 0 atom stereocenters. The first-order valence-electron chi connectivity index (χ1n) is 6.11. The van der Waals surface area contributed by atoms with Crippen LogP contribution in [0.2, 0.25) is 5.15 Å². The molecule has 1 aliphatic heterocycles. The fourth-order valence-corrected chi connectivity index (χ4v) is 2.20. The monoisotopic (exact) mass is 299 g/mol. The lowest BCUT2D eigenvalue weighted by atomic mass is 9.92. The van der Waals surface area contributed by atoms with E-state index in [9.17, 15) is 14.9 Å². The molecule has 1 aliphatic rings. The molecule has 1 saturated heterocycles. The number of hydrogen-bond acceptors (Lipinski definition) is 5. The fraction of sp³-hybridized carbons (Fsp3) is 0.500. The SMILES string of the molecule is CC1(NC(=O)c2cc(Cl)ncc2[N+](=O)[O-])CCOCC1. The zero-order valence-electron chi connectivity index (χ0n) is 10.9. The highest BCUT2D eigenvalue weighted by atomic mass is 35.5. The third-order valence-electron chi connectivity index (χ3n) is 3.30. The Labute approximate surface area is 120 Å². The average Bonchev–Trinajstić information content (AvgIpc) is 2.38. The summed E-state index contributed by atoms with van der Waals surface area (Å²) in [6.45, 7) is 2.99. The number of pyridine rings is 1. The summed E-state index contributed by atoms with van der Waals surface area (Å²) in [7, 11) is 0. The third-order valence-corrected chi connectivity index (χ3v) is 3.51. The summed E-state index contributed by atoms with van der Waals surface area (Å²) in [6, 6.07) is 1.21. The van der Waals surface area contributed by atoms with Crippen LogP contribution in [0.15, 0.2) is 12.3 Å². The molecule has 0 aliphatic carbocycles. The van der Waals surface area contributed by atoms with Gasteiger partial charge in [0.05, 0.1) is 4.92 Å². The van der Waals surface area contributed by atoms with Gasteiger partial charge in [-0.05, 0) is 25.8 Å². The van der Waals surface area contributed by atoms with Crippen LogP contribution in [0.5, 0.6) is 0 Å². The predicted molar refractivity (Wildman–Crippen MR) is 71.8 cm³/mol. The summed E-state index contributed by atoms with van der Waals surface area (Å²) in [5.41, 5.74) is -0.871. The average molecular weight is 300 g/mol. The molecular weight excluding hydrogens is 286 g/mol. The Balaban J connectivity index is 2.24. The molecule has 2 rings (SSSR count). The molecule has 0 saturated carbocycles. The van der Waals surface area contributed by atoms with E-state index in [0.29, 0.717) is 26.1 Å². The fourth-order valence-electron chi connectivity index (χ4n) is 2.04. The van der Waals surface area contributed by atoms with Crippen molar-refractivity contribution in [2.24, 2.45) is 0 Å². The van der Waals surface area contributed by atoms with Gasteiger partial charge in [-0.25, -0.2) is 4.98 Å². The van der Waals surface area contributed by atoms with Crippen molar-refractivity contribution in [3.63, 3.8) is 0 Å². The summed E-state index contributed by atoms with van der Waals surface area (Å²) in [4.78, 5) is 26.2. The molecule has 7 nitrogen and oxygen atoms in total. The van der Waals surface area contributed by atoms with E-state index in [0.717, 1.165) is 6.20 Å². The highest BCUT2D eigenvalue weighted by Crippen LogP contribution is 2.24. The number of carbonyl (C=O) groups excluding carboxylic acids is 1. The molecule has 20 heavy (non-hydrogen) atoms. The molecular formula is C12H14ClN3O4. The molecule has 0 radical (unpaired) electrons. The first-order chi connectivity index (χ1) is 9.41. The zero-order chi connectivity index (χ0) is 14.8. The van der Waals surface area contributed by atoms with Crippen molar-refractivity contribution in [3.05, 3.63) is 33.1 Å². The van der Waals surface area contributed by atoms with Crippen LogP contribution in [0.3, 0.4) is 0 Å². The van der Waals surface area contributed by atoms with E-state index in [1.807, 2.05) is 6.92 Å². The molecule has 2 heterocycles. The minimum atomic E-state index is -0.648.